The van der Waals surface area contributed by atoms with Gasteiger partial charge in [-0.3, -0.25) is 14.4 Å². The van der Waals surface area contributed by atoms with Crippen LogP contribution in [0.1, 0.15) is 10.6 Å². The first-order valence-electron chi connectivity index (χ1n) is 9.38. The number of carbonyl (C=O) groups excluding carboxylic acids is 1. The van der Waals surface area contributed by atoms with E-state index in [4.69, 9.17) is 4.42 Å². The second-order valence-electron chi connectivity index (χ2n) is 6.91. The van der Waals surface area contributed by atoms with Crippen LogP contribution in [0.15, 0.2) is 70.5 Å². The number of halogens is 1. The molecule has 2 aromatic heterocycles. The number of furan rings is 1. The lowest BCUT2D eigenvalue weighted by Gasteiger charge is -2.16. The normalized spacial score (nSPS) is 11.3. The molecule has 10 heteroatoms. The minimum absolute atomic E-state index is 0.0353. The van der Waals surface area contributed by atoms with Crippen molar-refractivity contribution < 1.29 is 22.0 Å². The first-order chi connectivity index (χ1) is 15.2. The molecule has 4 rings (SSSR count). The zero-order valence-corrected chi connectivity index (χ0v) is 18.7. The molecule has 0 saturated carbocycles. The maximum absolute atomic E-state index is 13.9. The van der Waals surface area contributed by atoms with Gasteiger partial charge in [-0.2, -0.15) is 0 Å². The van der Waals surface area contributed by atoms with Crippen molar-refractivity contribution in [2.75, 3.05) is 22.9 Å². The smallest absolute Gasteiger partial charge is 0.293 e. The van der Waals surface area contributed by atoms with Crippen LogP contribution >= 0.6 is 11.3 Å². The van der Waals surface area contributed by atoms with Crippen LogP contribution in [0.25, 0.3) is 22.6 Å². The minimum atomic E-state index is -3.35. The number of hydrogen-bond acceptors (Lipinski definition) is 6. The van der Waals surface area contributed by atoms with Gasteiger partial charge in [-0.1, -0.05) is 24.3 Å². The molecule has 2 aromatic carbocycles. The SMILES string of the molecule is CN(c1ccc(-c2csc(NC(=O)c3ccc(-c4ccccc4F)o3)n2)cc1)S(C)(=O)=O. The Bertz CT molecular complexity index is 1380. The van der Waals surface area contributed by atoms with Crippen molar-refractivity contribution in [2.45, 2.75) is 0 Å². The molecule has 0 bridgehead atoms. The summed E-state index contributed by atoms with van der Waals surface area (Å²) >= 11 is 1.24. The van der Waals surface area contributed by atoms with Crippen LogP contribution in [-0.4, -0.2) is 32.6 Å². The molecular formula is C22H18FN3O4S2. The molecular weight excluding hydrogens is 453 g/mol. The zero-order valence-electron chi connectivity index (χ0n) is 17.1. The lowest BCUT2D eigenvalue weighted by atomic mass is 10.1. The number of sulfonamides is 1. The summed E-state index contributed by atoms with van der Waals surface area (Å²) in [5.41, 5.74) is 2.20. The summed E-state index contributed by atoms with van der Waals surface area (Å²) in [5, 5.41) is 4.81. The molecule has 0 spiro atoms. The maximum Gasteiger partial charge on any atom is 0.293 e. The minimum Gasteiger partial charge on any atom is -0.451 e. The summed E-state index contributed by atoms with van der Waals surface area (Å²) in [4.78, 5) is 16.9. The lowest BCUT2D eigenvalue weighted by molar-refractivity contribution is 0.0997. The van der Waals surface area contributed by atoms with E-state index in [0.29, 0.717) is 16.5 Å². The van der Waals surface area contributed by atoms with Crippen LogP contribution < -0.4 is 9.62 Å². The van der Waals surface area contributed by atoms with Gasteiger partial charge in [0.1, 0.15) is 11.6 Å². The van der Waals surface area contributed by atoms with Crippen LogP contribution in [-0.2, 0) is 10.0 Å². The topological polar surface area (TPSA) is 92.5 Å². The Morgan fingerprint density at radius 2 is 1.81 bits per heavy atom. The Kier molecular flexibility index (Phi) is 5.81. The van der Waals surface area contributed by atoms with E-state index in [1.54, 1.807) is 47.8 Å². The van der Waals surface area contributed by atoms with Crippen molar-refractivity contribution in [2.24, 2.45) is 0 Å². The van der Waals surface area contributed by atoms with Crippen LogP contribution in [0.4, 0.5) is 15.2 Å². The number of thiazole rings is 1. The number of anilines is 2. The summed E-state index contributed by atoms with van der Waals surface area (Å²) in [6, 6.07) is 16.0. The highest BCUT2D eigenvalue weighted by Crippen LogP contribution is 2.28. The Morgan fingerprint density at radius 1 is 1.09 bits per heavy atom. The van der Waals surface area contributed by atoms with Crippen LogP contribution in [0.5, 0.6) is 0 Å². The van der Waals surface area contributed by atoms with E-state index in [1.807, 2.05) is 0 Å². The monoisotopic (exact) mass is 471 g/mol. The van der Waals surface area contributed by atoms with Crippen molar-refractivity contribution >= 4 is 38.1 Å². The number of aromatic nitrogens is 1. The van der Waals surface area contributed by atoms with E-state index < -0.39 is 21.7 Å². The van der Waals surface area contributed by atoms with E-state index in [0.717, 1.165) is 11.8 Å². The summed E-state index contributed by atoms with van der Waals surface area (Å²) in [6.45, 7) is 0. The number of carbonyl (C=O) groups is 1. The van der Waals surface area contributed by atoms with Gasteiger partial charge in [-0.15, -0.1) is 11.3 Å². The fourth-order valence-corrected chi connectivity index (χ4v) is 4.14. The molecule has 0 aliphatic heterocycles. The average Bonchev–Trinajstić information content (AvgIpc) is 3.43. The van der Waals surface area contributed by atoms with E-state index in [2.05, 4.69) is 10.3 Å². The first kappa shape index (κ1) is 21.7. The van der Waals surface area contributed by atoms with Gasteiger partial charge in [0.2, 0.25) is 10.0 Å². The number of nitrogens with one attached hydrogen (secondary N) is 1. The van der Waals surface area contributed by atoms with Gasteiger partial charge in [-0.25, -0.2) is 17.8 Å². The van der Waals surface area contributed by atoms with E-state index in [-0.39, 0.29) is 17.1 Å². The predicted molar refractivity (Wildman–Crippen MR) is 123 cm³/mol. The van der Waals surface area contributed by atoms with Gasteiger partial charge in [-0.05, 0) is 36.4 Å². The van der Waals surface area contributed by atoms with Gasteiger partial charge < -0.3 is 4.42 Å². The molecule has 0 aliphatic rings. The average molecular weight is 472 g/mol. The fraction of sp³-hybridized carbons (Fsp3) is 0.0909. The highest BCUT2D eigenvalue weighted by molar-refractivity contribution is 7.92. The number of amides is 1. The molecule has 2 heterocycles. The maximum atomic E-state index is 13.9. The van der Waals surface area contributed by atoms with E-state index in [9.17, 15) is 17.6 Å². The van der Waals surface area contributed by atoms with Gasteiger partial charge in [0.25, 0.3) is 5.91 Å². The molecule has 0 radical (unpaired) electrons. The molecule has 32 heavy (non-hydrogen) atoms. The standard InChI is InChI=1S/C22H18FN3O4S2/c1-26(32(2,28)29)15-9-7-14(8-10-15)18-13-31-22(24-18)25-21(27)20-12-11-19(30-20)16-5-3-4-6-17(16)23/h3-13H,1-2H3,(H,24,25,27). The second-order valence-corrected chi connectivity index (χ2v) is 9.78. The summed E-state index contributed by atoms with van der Waals surface area (Å²) in [5.74, 6) is -0.647. The van der Waals surface area contributed by atoms with Crippen molar-refractivity contribution in [3.05, 3.63) is 77.6 Å². The molecule has 0 saturated heterocycles. The quantitative estimate of drug-likeness (QED) is 0.434. The Morgan fingerprint density at radius 3 is 2.50 bits per heavy atom. The van der Waals surface area contributed by atoms with Crippen molar-refractivity contribution in [1.29, 1.82) is 0 Å². The van der Waals surface area contributed by atoms with Crippen molar-refractivity contribution in [1.82, 2.24) is 4.98 Å². The molecule has 1 amide bonds. The van der Waals surface area contributed by atoms with Gasteiger partial charge in [0, 0.05) is 18.0 Å². The number of benzene rings is 2. The molecule has 164 valence electrons. The third-order valence-corrected chi connectivity index (χ3v) is 6.68. The third kappa shape index (κ3) is 4.56. The van der Waals surface area contributed by atoms with Crippen molar-refractivity contribution in [3.63, 3.8) is 0 Å². The van der Waals surface area contributed by atoms with Crippen LogP contribution in [0.3, 0.4) is 0 Å². The number of hydrogen-bond donors (Lipinski definition) is 1. The highest BCUT2D eigenvalue weighted by Gasteiger charge is 2.17. The zero-order chi connectivity index (χ0) is 22.9. The second kappa shape index (κ2) is 8.56. The number of nitrogens with zero attached hydrogens (tertiary/aromatic N) is 2. The van der Waals surface area contributed by atoms with Gasteiger partial charge in [0.15, 0.2) is 10.9 Å². The predicted octanol–water partition coefficient (Wildman–Crippen LogP) is 4.86. The number of rotatable bonds is 6. The van der Waals surface area contributed by atoms with Crippen LogP contribution in [0, 0.1) is 5.82 Å². The summed E-state index contributed by atoms with van der Waals surface area (Å²) < 4.78 is 43.9. The molecule has 0 unspecified atom stereocenters. The molecule has 0 fully saturated rings. The Hall–Kier alpha value is -3.50. The van der Waals surface area contributed by atoms with E-state index in [1.165, 1.54) is 40.9 Å². The summed E-state index contributed by atoms with van der Waals surface area (Å²) in [6.07, 6.45) is 1.13. The molecule has 4 aromatic rings. The molecule has 0 atom stereocenters. The molecule has 1 N–H and O–H groups in total. The Balaban J connectivity index is 1.47. The molecule has 7 nitrogen and oxygen atoms in total. The van der Waals surface area contributed by atoms with Gasteiger partial charge >= 0.3 is 0 Å². The van der Waals surface area contributed by atoms with E-state index >= 15 is 0 Å². The highest BCUT2D eigenvalue weighted by atomic mass is 32.2. The Labute approximate surface area is 188 Å². The third-order valence-electron chi connectivity index (χ3n) is 4.72. The van der Waals surface area contributed by atoms with Crippen LogP contribution in [0.2, 0.25) is 0 Å². The largest absolute Gasteiger partial charge is 0.451 e. The fourth-order valence-electron chi connectivity index (χ4n) is 2.92. The lowest BCUT2D eigenvalue weighted by Crippen LogP contribution is -2.24. The first-order valence-corrected chi connectivity index (χ1v) is 12.1. The van der Waals surface area contributed by atoms with Gasteiger partial charge in [0.05, 0.1) is 23.2 Å². The summed E-state index contributed by atoms with van der Waals surface area (Å²) in [7, 11) is -1.87. The van der Waals surface area contributed by atoms with Crippen molar-refractivity contribution in [3.8, 4) is 22.6 Å². The molecule has 0 aliphatic carbocycles.